The van der Waals surface area contributed by atoms with Gasteiger partial charge in [-0.15, -0.1) is 0 Å². The molecule has 0 unspecified atom stereocenters. The number of carboxylic acid groups (broad SMARTS) is 1. The number of carbonyl (C=O) groups is 4. The summed E-state index contributed by atoms with van der Waals surface area (Å²) in [5, 5.41) is 23.0. The van der Waals surface area contributed by atoms with Crippen molar-refractivity contribution in [3.8, 4) is 0 Å². The van der Waals surface area contributed by atoms with Crippen molar-refractivity contribution in [2.24, 2.45) is 11.0 Å². The predicted molar refractivity (Wildman–Crippen MR) is 259 cm³/mol. The van der Waals surface area contributed by atoms with Gasteiger partial charge in [-0.05, 0) is 77.2 Å². The third-order valence-electron chi connectivity index (χ3n) is 12.2. The molecule has 0 bridgehead atoms. The first-order chi connectivity index (χ1) is 31.6. The number of aliphatic carboxylic acids is 1. The minimum Gasteiger partial charge on any atom is -0.481 e. The van der Waals surface area contributed by atoms with Crippen molar-refractivity contribution in [1.29, 1.82) is 0 Å². The molecule has 13 nitrogen and oxygen atoms in total. The lowest BCUT2D eigenvalue weighted by molar-refractivity contribution is -0.143. The minimum atomic E-state index is -2.66. The zero-order valence-corrected chi connectivity index (χ0v) is 39.4. The summed E-state index contributed by atoms with van der Waals surface area (Å²) in [4.78, 5) is 59.2. The van der Waals surface area contributed by atoms with E-state index in [0.717, 1.165) is 27.8 Å². The van der Waals surface area contributed by atoms with Crippen molar-refractivity contribution in [2.45, 2.75) is 101 Å². The van der Waals surface area contributed by atoms with Crippen LogP contribution in [0, 0.1) is 5.92 Å². The maximum absolute atomic E-state index is 15.0. The maximum Gasteiger partial charge on any atom is 0.408 e. The quantitative estimate of drug-likeness (QED) is 0.0125. The van der Waals surface area contributed by atoms with Gasteiger partial charge >= 0.3 is 12.1 Å². The Morgan fingerprint density at radius 3 is 1.68 bits per heavy atom. The number of hydrogen-bond donors (Lipinski definition) is 4. The van der Waals surface area contributed by atoms with Crippen molar-refractivity contribution in [2.75, 3.05) is 6.54 Å². The Morgan fingerprint density at radius 1 is 0.727 bits per heavy atom. The number of benzene rings is 5. The molecule has 0 heterocycles. The molecule has 14 heteroatoms. The van der Waals surface area contributed by atoms with Gasteiger partial charge in [0.2, 0.25) is 11.8 Å². The highest BCUT2D eigenvalue weighted by Gasteiger charge is 2.43. The molecule has 0 saturated heterocycles. The fourth-order valence-corrected chi connectivity index (χ4v) is 9.07. The second-order valence-electron chi connectivity index (χ2n) is 17.9. The number of ether oxygens (including phenoxy) is 1. The molecule has 0 aliphatic rings. The monoisotopic (exact) mass is 910 g/mol. The van der Waals surface area contributed by atoms with Crippen molar-refractivity contribution in [3.05, 3.63) is 190 Å². The number of hydrogen-bond acceptors (Lipinski definition) is 7. The van der Waals surface area contributed by atoms with Gasteiger partial charge in [0.25, 0.3) is 0 Å². The Bertz CT molecular complexity index is 2270. The Morgan fingerprint density at radius 2 is 1.21 bits per heavy atom. The third-order valence-corrected chi connectivity index (χ3v) is 16.7. The molecule has 0 aromatic heterocycles. The summed E-state index contributed by atoms with van der Waals surface area (Å²) < 4.78 is 12.7. The zero-order valence-electron chi connectivity index (χ0n) is 38.4. The number of nitrogens with one attached hydrogen (secondary N) is 3. The molecule has 0 aliphatic carbocycles. The first-order valence-corrected chi connectivity index (χ1v) is 25.2. The summed E-state index contributed by atoms with van der Waals surface area (Å²) in [6, 6.07) is 44.9. The second-order valence-corrected chi connectivity index (χ2v) is 22.7. The van der Waals surface area contributed by atoms with Crippen LogP contribution in [0.3, 0.4) is 0 Å². The van der Waals surface area contributed by atoms with Crippen molar-refractivity contribution >= 4 is 32.2 Å². The molecule has 346 valence electrons. The van der Waals surface area contributed by atoms with Crippen molar-refractivity contribution in [1.82, 2.24) is 16.0 Å². The lowest BCUT2D eigenvalue weighted by Gasteiger charge is -2.42. The molecule has 0 radical (unpaired) electrons. The van der Waals surface area contributed by atoms with Crippen LogP contribution in [0.25, 0.3) is 10.4 Å². The van der Waals surface area contributed by atoms with Crippen molar-refractivity contribution < 1.29 is 33.4 Å². The Balaban J connectivity index is 1.56. The molecule has 5 aromatic carbocycles. The summed E-state index contributed by atoms with van der Waals surface area (Å²) in [6.07, 6.45) is -1.41. The van der Waals surface area contributed by atoms with E-state index in [1.54, 1.807) is 12.1 Å². The average molecular weight is 911 g/mol. The summed E-state index contributed by atoms with van der Waals surface area (Å²) in [5.74, 6) is -3.18. The van der Waals surface area contributed by atoms with E-state index in [4.69, 9.17) is 14.7 Å². The van der Waals surface area contributed by atoms with Gasteiger partial charge in [-0.3, -0.25) is 14.4 Å². The smallest absolute Gasteiger partial charge is 0.408 e. The van der Waals surface area contributed by atoms with Gasteiger partial charge in [0.05, 0.1) is 24.5 Å². The number of alkyl carbamates (subject to hydrolysis) is 1. The fourth-order valence-electron chi connectivity index (χ4n) is 7.70. The van der Waals surface area contributed by atoms with Crippen LogP contribution in [-0.2, 0) is 42.1 Å². The van der Waals surface area contributed by atoms with Gasteiger partial charge in [-0.1, -0.05) is 178 Å². The Labute approximate surface area is 389 Å². The topological polar surface area (TPSA) is 192 Å². The summed E-state index contributed by atoms with van der Waals surface area (Å²) in [7, 11) is -2.66. The lowest BCUT2D eigenvalue weighted by Crippen LogP contribution is -2.58. The highest BCUT2D eigenvalue weighted by Crippen LogP contribution is 2.40. The molecule has 5 rings (SSSR count). The highest BCUT2D eigenvalue weighted by molar-refractivity contribution is 6.74. The molecular weight excluding hydrogens is 849 g/mol. The van der Waals surface area contributed by atoms with Gasteiger partial charge in [0.15, 0.2) is 8.32 Å². The number of rotatable bonds is 23. The van der Waals surface area contributed by atoms with Gasteiger partial charge in [-0.25, -0.2) is 4.79 Å². The molecular formula is C52H62N6O7Si. The molecule has 3 amide bonds. The summed E-state index contributed by atoms with van der Waals surface area (Å²) >= 11 is 0. The third kappa shape index (κ3) is 14.1. The predicted octanol–water partition coefficient (Wildman–Crippen LogP) is 10.1. The van der Waals surface area contributed by atoms with Crippen LogP contribution >= 0.6 is 0 Å². The molecule has 5 aromatic rings. The lowest BCUT2D eigenvalue weighted by atomic mass is 9.77. The summed E-state index contributed by atoms with van der Waals surface area (Å²) in [5.41, 5.74) is 11.5. The van der Waals surface area contributed by atoms with Gasteiger partial charge in [0.1, 0.15) is 18.2 Å². The van der Waals surface area contributed by atoms with Crippen LogP contribution in [-0.4, -0.2) is 62.0 Å². The van der Waals surface area contributed by atoms with E-state index in [1.807, 2.05) is 140 Å². The van der Waals surface area contributed by atoms with E-state index in [1.165, 1.54) is 0 Å². The zero-order chi connectivity index (χ0) is 47.6. The molecule has 4 atom stereocenters. The standard InChI is InChI=1S/C52H62N6O7Si/c1-51(2,3)66(4,5)65-46(35-40(49(61)62)26-21-33-54-58-53)44(34-38-22-11-6-12-23-38)55-48(60)45(56-50(63)64-37-39-24-13-7-14-25-39)36-47(59)57-52(41-27-15-8-16-28-41,42-29-17-9-18-30-42)43-31-19-10-20-32-43/h6-20,22-25,27-32,40,44-46H,21,26,33-37H2,1-5H3,(H,55,60)(H,56,63)(H,57,59)(H,61,62)/t40-,44+,45+,46+/m1/s1. The van der Waals surface area contributed by atoms with E-state index < -0.39 is 68.3 Å². The summed E-state index contributed by atoms with van der Waals surface area (Å²) in [6.45, 7) is 10.4. The van der Waals surface area contributed by atoms with Crippen LogP contribution in [0.15, 0.2) is 157 Å². The van der Waals surface area contributed by atoms with E-state index in [9.17, 15) is 19.5 Å². The first-order valence-electron chi connectivity index (χ1n) is 22.3. The molecule has 0 spiro atoms. The SMILES string of the molecule is CC(C)(C)[Si](C)(C)O[C@@H](C[C@@H](CCCN=[N+]=[N-])C(=O)O)[C@H](Cc1ccccc1)NC(=O)[C@H](CC(=O)NC(c1ccccc1)(c1ccccc1)c1ccccc1)NC(=O)OCc1ccccc1. The van der Waals surface area contributed by atoms with Crippen LogP contribution in [0.4, 0.5) is 4.79 Å². The normalized spacial score (nSPS) is 13.5. The number of nitrogens with zero attached hydrogens (tertiary/aromatic N) is 3. The molecule has 0 fully saturated rings. The number of carbonyl (C=O) groups excluding carboxylic acids is 3. The Kier molecular flexibility index (Phi) is 18.3. The molecule has 0 aliphatic heterocycles. The molecule has 66 heavy (non-hydrogen) atoms. The average Bonchev–Trinajstić information content (AvgIpc) is 3.31. The van der Waals surface area contributed by atoms with E-state index in [-0.39, 0.29) is 37.5 Å². The van der Waals surface area contributed by atoms with Crippen LogP contribution in [0.5, 0.6) is 0 Å². The van der Waals surface area contributed by atoms with Crippen LogP contribution in [0.2, 0.25) is 18.1 Å². The largest absolute Gasteiger partial charge is 0.481 e. The number of azide groups is 1. The highest BCUT2D eigenvalue weighted by atomic mass is 28.4. The first kappa shape index (κ1) is 50.3. The van der Waals surface area contributed by atoms with Crippen LogP contribution in [0.1, 0.15) is 74.3 Å². The van der Waals surface area contributed by atoms with Crippen LogP contribution < -0.4 is 16.0 Å². The van der Waals surface area contributed by atoms with Crippen molar-refractivity contribution in [3.63, 3.8) is 0 Å². The van der Waals surface area contributed by atoms with E-state index >= 15 is 4.79 Å². The molecule has 4 N–H and O–H groups in total. The van der Waals surface area contributed by atoms with Gasteiger partial charge < -0.3 is 30.2 Å². The van der Waals surface area contributed by atoms with E-state index in [2.05, 4.69) is 59.8 Å². The minimum absolute atomic E-state index is 0.0291. The number of amides is 3. The number of carboxylic acids is 1. The maximum atomic E-state index is 15.0. The second kappa shape index (κ2) is 24.0. The Hall–Kier alpha value is -6.73. The van der Waals surface area contributed by atoms with E-state index in [0.29, 0.717) is 6.42 Å². The van der Waals surface area contributed by atoms with Gasteiger partial charge in [0, 0.05) is 11.5 Å². The van der Waals surface area contributed by atoms with Gasteiger partial charge in [-0.2, -0.15) is 0 Å². The molecule has 0 saturated carbocycles. The fraction of sp³-hybridized carbons (Fsp3) is 0.346.